The summed E-state index contributed by atoms with van der Waals surface area (Å²) in [7, 11) is 8.04. The van der Waals surface area contributed by atoms with E-state index in [9.17, 15) is 4.79 Å². The summed E-state index contributed by atoms with van der Waals surface area (Å²) in [4.78, 5) is 17.7. The molecule has 0 aliphatic rings. The number of ether oxygens (including phenoxy) is 4. The Hall–Kier alpha value is -1.95. The maximum atomic E-state index is 11.9. The van der Waals surface area contributed by atoms with Crippen molar-refractivity contribution in [3.63, 3.8) is 0 Å². The van der Waals surface area contributed by atoms with E-state index < -0.39 is 0 Å². The molecule has 10 heteroatoms. The Morgan fingerprint density at radius 2 is 1.72 bits per heavy atom. The lowest BCUT2D eigenvalue weighted by Crippen LogP contribution is -2.34. The number of nitrogens with zero attached hydrogens (tertiary/aromatic N) is 2. The first-order chi connectivity index (χ1) is 13.5. The first-order valence-electron chi connectivity index (χ1n) is 9.10. The lowest BCUT2D eigenvalue weighted by molar-refractivity contribution is -0.127. The van der Waals surface area contributed by atoms with Crippen LogP contribution in [0.25, 0.3) is 0 Å². The number of methoxy groups -OCH3 is 3. The molecule has 0 aromatic heterocycles. The lowest BCUT2D eigenvalue weighted by atomic mass is 10.2. The van der Waals surface area contributed by atoms with Crippen LogP contribution in [0.15, 0.2) is 17.1 Å². The van der Waals surface area contributed by atoms with E-state index in [1.165, 1.54) is 4.90 Å². The van der Waals surface area contributed by atoms with Gasteiger partial charge in [-0.3, -0.25) is 4.79 Å². The summed E-state index contributed by atoms with van der Waals surface area (Å²) >= 11 is 0. The Morgan fingerprint density at radius 3 is 2.21 bits per heavy atom. The summed E-state index contributed by atoms with van der Waals surface area (Å²) in [6.07, 6.45) is 0.811. The number of hydrogen-bond acceptors (Lipinski definition) is 6. The predicted molar refractivity (Wildman–Crippen MR) is 125 cm³/mol. The van der Waals surface area contributed by atoms with E-state index in [1.807, 2.05) is 6.92 Å². The molecule has 0 fully saturated rings. The third-order valence-corrected chi connectivity index (χ3v) is 3.76. The van der Waals surface area contributed by atoms with Gasteiger partial charge in [-0.05, 0) is 13.3 Å². The molecule has 166 valence electrons. The molecule has 9 nitrogen and oxygen atoms in total. The van der Waals surface area contributed by atoms with Crippen molar-refractivity contribution in [2.24, 2.45) is 4.99 Å². The van der Waals surface area contributed by atoms with Crippen LogP contribution in [0.2, 0.25) is 0 Å². The Morgan fingerprint density at radius 1 is 1.10 bits per heavy atom. The van der Waals surface area contributed by atoms with Gasteiger partial charge < -0.3 is 34.5 Å². The van der Waals surface area contributed by atoms with E-state index in [1.54, 1.807) is 47.6 Å². The van der Waals surface area contributed by atoms with Gasteiger partial charge in [-0.1, -0.05) is 0 Å². The number of anilines is 1. The summed E-state index contributed by atoms with van der Waals surface area (Å²) in [5.74, 6) is 1.91. The number of aliphatic imine (C=N–C) groups is 1. The molecule has 0 atom stereocenters. The molecule has 1 aromatic rings. The zero-order valence-corrected chi connectivity index (χ0v) is 20.4. The second-order valence-electron chi connectivity index (χ2n) is 5.97. The van der Waals surface area contributed by atoms with E-state index in [2.05, 4.69) is 15.6 Å². The number of carbonyl (C=O) groups excluding carboxylic acids is 1. The highest BCUT2D eigenvalue weighted by atomic mass is 127. The monoisotopic (exact) mass is 524 g/mol. The molecule has 0 bridgehead atoms. The van der Waals surface area contributed by atoms with Crippen molar-refractivity contribution in [1.29, 1.82) is 0 Å². The molecule has 29 heavy (non-hydrogen) atoms. The molecule has 1 aromatic carbocycles. The van der Waals surface area contributed by atoms with Crippen LogP contribution in [0.4, 0.5) is 5.69 Å². The number of hydrogen-bond donors (Lipinski definition) is 2. The molecule has 0 saturated carbocycles. The third-order valence-electron chi connectivity index (χ3n) is 3.76. The van der Waals surface area contributed by atoms with Gasteiger partial charge in [0.05, 0.1) is 21.3 Å². The summed E-state index contributed by atoms with van der Waals surface area (Å²) in [6, 6.07) is 3.54. The minimum Gasteiger partial charge on any atom is -0.493 e. The molecule has 0 aliphatic carbocycles. The summed E-state index contributed by atoms with van der Waals surface area (Å²) < 4.78 is 21.4. The van der Waals surface area contributed by atoms with Crippen molar-refractivity contribution in [3.8, 4) is 17.2 Å². The van der Waals surface area contributed by atoms with Gasteiger partial charge in [0, 0.05) is 51.7 Å². The minimum absolute atomic E-state index is 0. The highest BCUT2D eigenvalue weighted by Gasteiger charge is 2.14. The minimum atomic E-state index is -0.0969. The molecule has 0 spiro atoms. The van der Waals surface area contributed by atoms with Crippen LogP contribution in [0.5, 0.6) is 17.2 Å². The molecule has 0 aliphatic heterocycles. The zero-order valence-electron chi connectivity index (χ0n) is 18.0. The molecule has 0 unspecified atom stereocenters. The summed E-state index contributed by atoms with van der Waals surface area (Å²) in [5.41, 5.74) is 0.683. The van der Waals surface area contributed by atoms with Gasteiger partial charge in [0.1, 0.15) is 6.54 Å². The van der Waals surface area contributed by atoms with Crippen molar-refractivity contribution < 1.29 is 23.7 Å². The zero-order chi connectivity index (χ0) is 20.9. The topological polar surface area (TPSA) is 93.7 Å². The van der Waals surface area contributed by atoms with Crippen LogP contribution in [-0.4, -0.2) is 78.5 Å². The van der Waals surface area contributed by atoms with E-state index in [4.69, 9.17) is 18.9 Å². The van der Waals surface area contributed by atoms with Crippen LogP contribution in [0.3, 0.4) is 0 Å². The first kappa shape index (κ1) is 27.0. The number of likely N-dealkylation sites (N-methyl/N-ethyl adjacent to an activating group) is 1. The predicted octanol–water partition coefficient (Wildman–Crippen LogP) is 2.20. The fraction of sp³-hybridized carbons (Fsp3) is 0.579. The fourth-order valence-electron chi connectivity index (χ4n) is 2.24. The molecule has 0 saturated heterocycles. The van der Waals surface area contributed by atoms with Crippen LogP contribution in [0.1, 0.15) is 13.3 Å². The van der Waals surface area contributed by atoms with Crippen molar-refractivity contribution in [2.75, 3.05) is 67.0 Å². The Balaban J connectivity index is 0.00000784. The van der Waals surface area contributed by atoms with Crippen molar-refractivity contribution in [2.45, 2.75) is 13.3 Å². The van der Waals surface area contributed by atoms with Crippen LogP contribution in [0, 0.1) is 0 Å². The van der Waals surface area contributed by atoms with E-state index in [0.717, 1.165) is 6.42 Å². The largest absolute Gasteiger partial charge is 0.493 e. The number of rotatable bonds is 11. The van der Waals surface area contributed by atoms with Gasteiger partial charge >= 0.3 is 0 Å². The third kappa shape index (κ3) is 9.39. The maximum Gasteiger partial charge on any atom is 0.243 e. The highest BCUT2D eigenvalue weighted by molar-refractivity contribution is 14.0. The van der Waals surface area contributed by atoms with Crippen molar-refractivity contribution in [3.05, 3.63) is 12.1 Å². The Kier molecular flexibility index (Phi) is 14.0. The fourth-order valence-corrected chi connectivity index (χ4v) is 2.24. The van der Waals surface area contributed by atoms with Crippen LogP contribution < -0.4 is 24.8 Å². The Labute approximate surface area is 190 Å². The molecule has 1 amide bonds. The van der Waals surface area contributed by atoms with E-state index in [0.29, 0.717) is 48.7 Å². The average Bonchev–Trinajstić information content (AvgIpc) is 2.70. The number of guanidine groups is 1. The number of carbonyl (C=O) groups is 1. The molecular formula is C19H33IN4O5. The lowest BCUT2D eigenvalue weighted by Gasteiger charge is -2.17. The second kappa shape index (κ2) is 15.0. The number of amides is 1. The van der Waals surface area contributed by atoms with E-state index >= 15 is 0 Å². The quantitative estimate of drug-likeness (QED) is 0.199. The van der Waals surface area contributed by atoms with Crippen LogP contribution >= 0.6 is 24.0 Å². The molecular weight excluding hydrogens is 491 g/mol. The summed E-state index contributed by atoms with van der Waals surface area (Å²) in [5, 5.41) is 6.38. The number of halogens is 1. The van der Waals surface area contributed by atoms with Crippen LogP contribution in [-0.2, 0) is 9.53 Å². The SMILES string of the molecule is CCOCCCNC(=NCC(=O)N(C)C)Nc1cc(OC)c(OC)c(OC)c1.I. The van der Waals surface area contributed by atoms with Gasteiger partial charge in [-0.25, -0.2) is 4.99 Å². The molecule has 0 radical (unpaired) electrons. The maximum absolute atomic E-state index is 11.9. The number of nitrogens with one attached hydrogen (secondary N) is 2. The highest BCUT2D eigenvalue weighted by Crippen LogP contribution is 2.39. The Bertz CT molecular complexity index is 630. The van der Waals surface area contributed by atoms with Crippen molar-refractivity contribution in [1.82, 2.24) is 10.2 Å². The van der Waals surface area contributed by atoms with Gasteiger partial charge in [-0.2, -0.15) is 0 Å². The standard InChI is InChI=1S/C19H32N4O5.HI/c1-7-28-10-8-9-20-19(21-13-17(24)23(2)3)22-14-11-15(25-4)18(27-6)16(12-14)26-5;/h11-12H,7-10,13H2,1-6H3,(H2,20,21,22);1H. The van der Waals surface area contributed by atoms with Crippen molar-refractivity contribution >= 4 is 41.5 Å². The normalized spacial score (nSPS) is 10.6. The van der Waals surface area contributed by atoms with Gasteiger partial charge in [0.2, 0.25) is 11.7 Å². The van der Waals surface area contributed by atoms with E-state index in [-0.39, 0.29) is 36.4 Å². The number of benzene rings is 1. The molecule has 1 rings (SSSR count). The van der Waals surface area contributed by atoms with Gasteiger partial charge in [0.15, 0.2) is 17.5 Å². The second-order valence-corrected chi connectivity index (χ2v) is 5.97. The first-order valence-corrected chi connectivity index (χ1v) is 9.10. The average molecular weight is 524 g/mol. The van der Waals surface area contributed by atoms with Gasteiger partial charge in [0.25, 0.3) is 0 Å². The molecule has 2 N–H and O–H groups in total. The van der Waals surface area contributed by atoms with Gasteiger partial charge in [-0.15, -0.1) is 24.0 Å². The molecule has 0 heterocycles. The summed E-state index contributed by atoms with van der Waals surface area (Å²) in [6.45, 7) is 3.96. The smallest absolute Gasteiger partial charge is 0.243 e.